The molecule has 0 spiro atoms. The smallest absolute Gasteiger partial charge is 0.333 e. The Balaban J connectivity index is 1.71. The summed E-state index contributed by atoms with van der Waals surface area (Å²) in [7, 11) is 0. The maximum Gasteiger partial charge on any atom is 0.449 e. The molecule has 3 amide bonds. The first-order valence-electron chi connectivity index (χ1n) is 7.47. The van der Waals surface area contributed by atoms with Crippen LogP contribution in [0.4, 0.5) is 18.0 Å². The number of carbonyl (C=O) groups excluding carboxylic acids is 2. The molecule has 0 atom stereocenters. The minimum absolute atomic E-state index is 0.120. The molecule has 0 saturated carbocycles. The van der Waals surface area contributed by atoms with Crippen molar-refractivity contribution in [3.05, 3.63) is 52.5 Å². The fourth-order valence-corrected chi connectivity index (χ4v) is 3.03. The molecule has 2 heterocycles. The van der Waals surface area contributed by atoms with Crippen molar-refractivity contribution in [3.63, 3.8) is 0 Å². The molecule has 26 heavy (non-hydrogen) atoms. The molecule has 0 aliphatic carbocycles. The molecule has 0 aliphatic rings. The second-order valence-corrected chi connectivity index (χ2v) is 6.35. The van der Waals surface area contributed by atoms with Crippen LogP contribution in [0.25, 0.3) is 11.0 Å². The van der Waals surface area contributed by atoms with Crippen molar-refractivity contribution >= 4 is 34.3 Å². The fourth-order valence-electron chi connectivity index (χ4n) is 2.39. The predicted molar refractivity (Wildman–Crippen MR) is 89.4 cm³/mol. The zero-order valence-electron chi connectivity index (χ0n) is 13.2. The quantitative estimate of drug-likeness (QED) is 0.728. The molecule has 10 heteroatoms. The number of imide groups is 1. The highest BCUT2D eigenvalue weighted by Gasteiger charge is 2.38. The average Bonchev–Trinajstić information content (AvgIpc) is 3.20. The summed E-state index contributed by atoms with van der Waals surface area (Å²) >= 11 is 1.43. The Morgan fingerprint density at radius 3 is 2.62 bits per heavy atom. The summed E-state index contributed by atoms with van der Waals surface area (Å²) in [6.45, 7) is -0.458. The van der Waals surface area contributed by atoms with Gasteiger partial charge in [-0.1, -0.05) is 18.2 Å². The number of nitrogens with one attached hydrogen (secondary N) is 2. The van der Waals surface area contributed by atoms with Crippen LogP contribution in [-0.2, 0) is 24.1 Å². The summed E-state index contributed by atoms with van der Waals surface area (Å²) in [6, 6.07) is 8.80. The number of hydrogen-bond donors (Lipinski definition) is 2. The number of hydrogen-bond acceptors (Lipinski definition) is 4. The number of rotatable bonds is 4. The molecule has 0 bridgehead atoms. The number of fused-ring (bicyclic) bond motifs is 1. The molecule has 1 aromatic carbocycles. The second-order valence-electron chi connectivity index (χ2n) is 5.32. The number of benzene rings is 1. The van der Waals surface area contributed by atoms with Gasteiger partial charge in [0.15, 0.2) is 0 Å². The molecule has 6 nitrogen and oxygen atoms in total. The number of carbonyl (C=O) groups is 2. The summed E-state index contributed by atoms with van der Waals surface area (Å²) in [4.78, 5) is 28.2. The number of para-hydroxylation sites is 2. The number of nitrogens with zero attached hydrogens (tertiary/aromatic N) is 2. The van der Waals surface area contributed by atoms with Crippen LogP contribution in [0.2, 0.25) is 0 Å². The Bertz CT molecular complexity index is 935. The third-order valence-electron chi connectivity index (χ3n) is 3.47. The number of thiophene rings is 1. The van der Waals surface area contributed by atoms with Crippen LogP contribution in [0.15, 0.2) is 41.8 Å². The first kappa shape index (κ1) is 17.9. The molecule has 0 unspecified atom stereocenters. The van der Waals surface area contributed by atoms with E-state index >= 15 is 0 Å². The summed E-state index contributed by atoms with van der Waals surface area (Å²) in [6.07, 6.45) is -4.72. The molecule has 0 saturated heterocycles. The highest BCUT2D eigenvalue weighted by atomic mass is 32.1. The zero-order chi connectivity index (χ0) is 18.7. The van der Waals surface area contributed by atoms with Crippen molar-refractivity contribution in [1.82, 2.24) is 20.2 Å². The van der Waals surface area contributed by atoms with E-state index in [1.165, 1.54) is 23.5 Å². The number of urea groups is 1. The van der Waals surface area contributed by atoms with E-state index in [2.05, 4.69) is 10.3 Å². The van der Waals surface area contributed by atoms with Gasteiger partial charge in [-0.15, -0.1) is 11.3 Å². The van der Waals surface area contributed by atoms with E-state index in [9.17, 15) is 22.8 Å². The van der Waals surface area contributed by atoms with Crippen LogP contribution in [0.3, 0.4) is 0 Å². The number of amides is 3. The molecule has 0 aliphatic heterocycles. The molecule has 0 fully saturated rings. The first-order valence-corrected chi connectivity index (χ1v) is 8.35. The zero-order valence-corrected chi connectivity index (χ0v) is 14.0. The third-order valence-corrected chi connectivity index (χ3v) is 4.34. The van der Waals surface area contributed by atoms with Gasteiger partial charge in [-0.2, -0.15) is 13.2 Å². The van der Waals surface area contributed by atoms with Crippen molar-refractivity contribution in [3.8, 4) is 0 Å². The van der Waals surface area contributed by atoms with Crippen molar-refractivity contribution in [2.24, 2.45) is 0 Å². The van der Waals surface area contributed by atoms with Crippen molar-refractivity contribution in [2.45, 2.75) is 19.3 Å². The Kier molecular flexibility index (Phi) is 4.94. The SMILES string of the molecule is O=C(Cn1c(C(F)(F)F)nc2ccccc21)NC(=O)NCc1cccs1. The largest absolute Gasteiger partial charge is 0.449 e. The predicted octanol–water partition coefficient (Wildman–Crippen LogP) is 3.14. The van der Waals surface area contributed by atoms with Gasteiger partial charge in [-0.25, -0.2) is 9.78 Å². The van der Waals surface area contributed by atoms with Crippen molar-refractivity contribution in [2.75, 3.05) is 0 Å². The lowest BCUT2D eigenvalue weighted by Gasteiger charge is -2.11. The van der Waals surface area contributed by atoms with E-state index in [4.69, 9.17) is 0 Å². The number of imidazole rings is 1. The van der Waals surface area contributed by atoms with E-state index in [0.29, 0.717) is 0 Å². The van der Waals surface area contributed by atoms with Gasteiger partial charge in [0.2, 0.25) is 11.7 Å². The second kappa shape index (κ2) is 7.16. The van der Waals surface area contributed by atoms with Gasteiger partial charge in [0.1, 0.15) is 6.54 Å². The van der Waals surface area contributed by atoms with Gasteiger partial charge in [0, 0.05) is 4.88 Å². The third kappa shape index (κ3) is 4.02. The number of alkyl halides is 3. The van der Waals surface area contributed by atoms with Gasteiger partial charge < -0.3 is 9.88 Å². The van der Waals surface area contributed by atoms with Crippen LogP contribution in [0.1, 0.15) is 10.7 Å². The molecule has 2 aromatic heterocycles. The normalized spacial score (nSPS) is 11.5. The highest BCUT2D eigenvalue weighted by molar-refractivity contribution is 7.09. The maximum absolute atomic E-state index is 13.2. The van der Waals surface area contributed by atoms with Gasteiger partial charge in [-0.05, 0) is 23.6 Å². The topological polar surface area (TPSA) is 76.0 Å². The van der Waals surface area contributed by atoms with Crippen molar-refractivity contribution < 1.29 is 22.8 Å². The van der Waals surface area contributed by atoms with E-state index in [-0.39, 0.29) is 17.6 Å². The van der Waals surface area contributed by atoms with Gasteiger partial charge >= 0.3 is 12.2 Å². The lowest BCUT2D eigenvalue weighted by molar-refractivity contribution is -0.147. The van der Waals surface area contributed by atoms with Crippen LogP contribution < -0.4 is 10.6 Å². The standard InChI is InChI=1S/C16H13F3N4O2S/c17-16(18,19)14-21-11-5-1-2-6-12(11)23(14)9-13(24)22-15(25)20-8-10-4-3-7-26-10/h1-7H,8-9H2,(H2,20,22,24,25). The summed E-state index contributed by atoms with van der Waals surface area (Å²) in [5.74, 6) is -2.06. The summed E-state index contributed by atoms with van der Waals surface area (Å²) < 4.78 is 40.3. The van der Waals surface area contributed by atoms with Crippen LogP contribution in [0.5, 0.6) is 0 Å². The lowest BCUT2D eigenvalue weighted by atomic mass is 10.3. The monoisotopic (exact) mass is 382 g/mol. The highest BCUT2D eigenvalue weighted by Crippen LogP contribution is 2.31. The van der Waals surface area contributed by atoms with Gasteiger partial charge in [0.05, 0.1) is 17.6 Å². The Morgan fingerprint density at radius 2 is 1.92 bits per heavy atom. The fraction of sp³-hybridized carbons (Fsp3) is 0.188. The summed E-state index contributed by atoms with van der Waals surface area (Å²) in [5, 5.41) is 6.33. The van der Waals surface area contributed by atoms with Gasteiger partial charge in [-0.3, -0.25) is 10.1 Å². The Labute approximate surface area is 149 Å². The summed E-state index contributed by atoms with van der Waals surface area (Å²) in [5.41, 5.74) is 0.281. The van der Waals surface area contributed by atoms with Crippen LogP contribution in [-0.4, -0.2) is 21.5 Å². The molecule has 136 valence electrons. The van der Waals surface area contributed by atoms with E-state index in [1.54, 1.807) is 18.2 Å². The maximum atomic E-state index is 13.2. The number of aromatic nitrogens is 2. The molecule has 0 radical (unpaired) electrons. The van der Waals surface area contributed by atoms with Crippen LogP contribution in [0, 0.1) is 0 Å². The van der Waals surface area contributed by atoms with Crippen molar-refractivity contribution in [1.29, 1.82) is 0 Å². The lowest BCUT2D eigenvalue weighted by Crippen LogP contribution is -2.40. The minimum atomic E-state index is -4.72. The molecular formula is C16H13F3N4O2S. The molecule has 3 rings (SSSR count). The van der Waals surface area contributed by atoms with E-state index in [0.717, 1.165) is 9.44 Å². The van der Waals surface area contributed by atoms with Gasteiger partial charge in [0.25, 0.3) is 0 Å². The number of halogens is 3. The Morgan fingerprint density at radius 1 is 1.15 bits per heavy atom. The van der Waals surface area contributed by atoms with E-state index in [1.807, 2.05) is 16.8 Å². The first-order chi connectivity index (χ1) is 12.3. The Hall–Kier alpha value is -2.88. The molecule has 2 N–H and O–H groups in total. The molecule has 3 aromatic rings. The van der Waals surface area contributed by atoms with Crippen LogP contribution >= 0.6 is 11.3 Å². The minimum Gasteiger partial charge on any atom is -0.333 e. The average molecular weight is 382 g/mol. The molecular weight excluding hydrogens is 369 g/mol. The van der Waals surface area contributed by atoms with E-state index < -0.39 is 30.5 Å².